The molecule has 29 heavy (non-hydrogen) atoms. The molecule has 3 heterocycles. The van der Waals surface area contributed by atoms with Crippen LogP contribution in [-0.4, -0.2) is 50.8 Å². The first-order valence-corrected chi connectivity index (χ1v) is 11.1. The molecule has 0 radical (unpaired) electrons. The Morgan fingerprint density at radius 3 is 2.93 bits per heavy atom. The second-order valence-corrected chi connectivity index (χ2v) is 8.65. The van der Waals surface area contributed by atoms with Gasteiger partial charge in [-0.25, -0.2) is 9.78 Å². The molecular weight excluding hydrogens is 406 g/mol. The number of carbonyl (C=O) groups excluding carboxylic acids is 1. The summed E-state index contributed by atoms with van der Waals surface area (Å²) in [5.41, 5.74) is 0. The van der Waals surface area contributed by atoms with Gasteiger partial charge in [-0.2, -0.15) is 0 Å². The van der Waals surface area contributed by atoms with Crippen molar-refractivity contribution in [2.45, 2.75) is 30.8 Å². The quantitative estimate of drug-likeness (QED) is 0.650. The lowest BCUT2D eigenvalue weighted by molar-refractivity contribution is 0.195. The van der Waals surface area contributed by atoms with Crippen molar-refractivity contribution < 1.29 is 4.79 Å². The summed E-state index contributed by atoms with van der Waals surface area (Å²) in [6.45, 7) is 2.09. The van der Waals surface area contributed by atoms with E-state index in [1.807, 2.05) is 40.0 Å². The molecule has 2 aromatic heterocycles. The number of rotatable bonds is 8. The number of alkyl halides is 1. The Morgan fingerprint density at radius 2 is 2.17 bits per heavy atom. The zero-order valence-electron chi connectivity index (χ0n) is 16.0. The largest absolute Gasteiger partial charge is 0.337 e. The second kappa shape index (κ2) is 9.41. The van der Waals surface area contributed by atoms with E-state index in [1.165, 1.54) is 4.88 Å². The molecule has 0 saturated carbocycles. The van der Waals surface area contributed by atoms with Crippen LogP contribution in [0, 0.1) is 5.92 Å². The van der Waals surface area contributed by atoms with Crippen molar-refractivity contribution in [3.63, 3.8) is 0 Å². The van der Waals surface area contributed by atoms with E-state index in [2.05, 4.69) is 27.8 Å². The Kier molecular flexibility index (Phi) is 6.46. The molecule has 6 nitrogen and oxygen atoms in total. The summed E-state index contributed by atoms with van der Waals surface area (Å²) in [4.78, 5) is 24.8. The average Bonchev–Trinajstić information content (AvgIpc) is 3.46. The molecule has 2 aromatic rings. The highest BCUT2D eigenvalue weighted by atomic mass is 35.5. The van der Waals surface area contributed by atoms with Gasteiger partial charge >= 0.3 is 6.03 Å². The normalized spacial score (nSPS) is 25.1. The third-order valence-corrected chi connectivity index (χ3v) is 6.55. The number of carbonyl (C=O) groups is 1. The number of nitrogens with zero attached hydrogens (tertiary/aromatic N) is 4. The van der Waals surface area contributed by atoms with Crippen LogP contribution in [0.25, 0.3) is 0 Å². The van der Waals surface area contributed by atoms with Crippen molar-refractivity contribution in [1.82, 2.24) is 19.8 Å². The summed E-state index contributed by atoms with van der Waals surface area (Å²) in [5, 5.41) is 4.90. The number of aromatic nitrogens is 2. The van der Waals surface area contributed by atoms with Gasteiger partial charge in [-0.3, -0.25) is 10.3 Å². The van der Waals surface area contributed by atoms with Crippen LogP contribution in [0.4, 0.5) is 4.79 Å². The molecule has 3 atom stereocenters. The molecule has 1 aliphatic carbocycles. The molecule has 1 aliphatic heterocycles. The van der Waals surface area contributed by atoms with Crippen molar-refractivity contribution in [2.24, 2.45) is 10.9 Å². The first-order chi connectivity index (χ1) is 14.2. The fraction of sp³-hybridized carbons (Fsp3) is 0.381. The minimum Gasteiger partial charge on any atom is -0.337 e. The zero-order chi connectivity index (χ0) is 20.1. The van der Waals surface area contributed by atoms with Crippen LogP contribution in [0.5, 0.6) is 0 Å². The Balaban J connectivity index is 1.48. The highest BCUT2D eigenvalue weighted by Crippen LogP contribution is 2.29. The number of urea groups is 1. The molecule has 8 heteroatoms. The smallest absolute Gasteiger partial charge is 0.323 e. The number of allylic oxidation sites excluding steroid dienone is 3. The van der Waals surface area contributed by atoms with Crippen molar-refractivity contribution in [3.05, 3.63) is 65.4 Å². The van der Waals surface area contributed by atoms with E-state index >= 15 is 0 Å². The summed E-state index contributed by atoms with van der Waals surface area (Å²) in [6.07, 6.45) is 15.2. The van der Waals surface area contributed by atoms with E-state index in [0.29, 0.717) is 13.1 Å². The van der Waals surface area contributed by atoms with Crippen molar-refractivity contribution in [2.75, 3.05) is 13.1 Å². The number of hydrogen-bond acceptors (Lipinski definition) is 4. The van der Waals surface area contributed by atoms with Crippen LogP contribution < -0.4 is 5.32 Å². The summed E-state index contributed by atoms with van der Waals surface area (Å²) >= 11 is 8.33. The molecule has 0 spiro atoms. The maximum Gasteiger partial charge on any atom is 0.323 e. The number of halogens is 1. The van der Waals surface area contributed by atoms with Gasteiger partial charge < -0.3 is 9.47 Å². The number of aliphatic imine (C=N–C) groups is 1. The van der Waals surface area contributed by atoms with Crippen LogP contribution in [0.15, 0.2) is 65.5 Å². The first-order valence-electron chi connectivity index (χ1n) is 9.81. The van der Waals surface area contributed by atoms with E-state index in [1.54, 1.807) is 23.9 Å². The Hall–Kier alpha value is -2.38. The van der Waals surface area contributed by atoms with Gasteiger partial charge in [0.05, 0.1) is 17.7 Å². The molecule has 1 fully saturated rings. The highest BCUT2D eigenvalue weighted by Gasteiger charge is 2.42. The second-order valence-electron chi connectivity index (χ2n) is 7.11. The van der Waals surface area contributed by atoms with E-state index < -0.39 is 0 Å². The molecule has 2 amide bonds. The average molecular weight is 430 g/mol. The van der Waals surface area contributed by atoms with Gasteiger partial charge in [0.1, 0.15) is 5.84 Å². The van der Waals surface area contributed by atoms with E-state index in [-0.39, 0.29) is 23.4 Å². The van der Waals surface area contributed by atoms with E-state index in [4.69, 9.17) is 16.6 Å². The summed E-state index contributed by atoms with van der Waals surface area (Å²) in [6, 6.07) is 3.90. The van der Waals surface area contributed by atoms with Crippen LogP contribution in [0.1, 0.15) is 11.3 Å². The Bertz CT molecular complexity index is 890. The third kappa shape index (κ3) is 4.79. The van der Waals surface area contributed by atoms with Gasteiger partial charge in [-0.05, 0) is 17.9 Å². The number of nitrogens with one attached hydrogen (secondary N) is 1. The molecule has 0 aromatic carbocycles. The topological polar surface area (TPSA) is 62.5 Å². The molecule has 2 aliphatic rings. The monoisotopic (exact) mass is 429 g/mol. The van der Waals surface area contributed by atoms with Crippen LogP contribution in [0.3, 0.4) is 0 Å². The fourth-order valence-electron chi connectivity index (χ4n) is 3.75. The summed E-state index contributed by atoms with van der Waals surface area (Å²) < 4.78 is 2.02. The number of amides is 2. The molecule has 1 N–H and O–H groups in total. The molecule has 4 rings (SSSR count). The van der Waals surface area contributed by atoms with Gasteiger partial charge in [-0.1, -0.05) is 30.4 Å². The predicted molar refractivity (Wildman–Crippen MR) is 118 cm³/mol. The van der Waals surface area contributed by atoms with Gasteiger partial charge in [-0.15, -0.1) is 22.9 Å². The number of amidine groups is 1. The molecular formula is C21H24ClN5OS. The van der Waals surface area contributed by atoms with Gasteiger partial charge in [0.25, 0.3) is 0 Å². The minimum absolute atomic E-state index is 0.00523. The number of imidazole rings is 1. The highest BCUT2D eigenvalue weighted by molar-refractivity contribution is 7.09. The Morgan fingerprint density at radius 1 is 1.28 bits per heavy atom. The standard InChI is InChI=1S/C21H24ClN5OS/c22-18-7-2-1-6-17(18)19-20(24-9-8-16-5-3-14-29-16)25-21(28)27(19)12-4-11-26-13-10-23-15-26/h1-3,5-7,10,13-15,17-19H,4,8-9,11-12H2,(H,24,25,28). The van der Waals surface area contributed by atoms with Gasteiger partial charge in [0, 0.05) is 49.2 Å². The number of hydrogen-bond donors (Lipinski definition) is 1. The van der Waals surface area contributed by atoms with E-state index in [0.717, 1.165) is 25.2 Å². The SMILES string of the molecule is O=C1NC(=NCCc2cccs2)C(C2C=CC=CC2Cl)N1CCCn1ccnc1. The zero-order valence-corrected chi connectivity index (χ0v) is 17.6. The van der Waals surface area contributed by atoms with Crippen LogP contribution in [-0.2, 0) is 13.0 Å². The third-order valence-electron chi connectivity index (χ3n) is 5.18. The maximum atomic E-state index is 12.8. The summed E-state index contributed by atoms with van der Waals surface area (Å²) in [7, 11) is 0. The van der Waals surface area contributed by atoms with Crippen molar-refractivity contribution in [3.8, 4) is 0 Å². The Labute approximate surface area is 179 Å². The maximum absolute atomic E-state index is 12.8. The molecule has 0 bridgehead atoms. The fourth-order valence-corrected chi connectivity index (χ4v) is 4.76. The van der Waals surface area contributed by atoms with Crippen molar-refractivity contribution in [1.29, 1.82) is 0 Å². The lowest BCUT2D eigenvalue weighted by Crippen LogP contribution is -2.44. The van der Waals surface area contributed by atoms with Crippen molar-refractivity contribution >= 4 is 34.8 Å². The minimum atomic E-state index is -0.170. The molecule has 152 valence electrons. The predicted octanol–water partition coefficient (Wildman–Crippen LogP) is 3.72. The summed E-state index contributed by atoms with van der Waals surface area (Å²) in [5.74, 6) is 0.721. The number of aryl methyl sites for hydroxylation is 1. The number of thiophene rings is 1. The van der Waals surface area contributed by atoms with Crippen LogP contribution in [0.2, 0.25) is 0 Å². The van der Waals surface area contributed by atoms with Gasteiger partial charge in [0.15, 0.2) is 0 Å². The molecule has 3 unspecified atom stereocenters. The van der Waals surface area contributed by atoms with Gasteiger partial charge in [0.2, 0.25) is 0 Å². The molecule has 1 saturated heterocycles. The van der Waals surface area contributed by atoms with Crippen LogP contribution >= 0.6 is 22.9 Å². The lowest BCUT2D eigenvalue weighted by Gasteiger charge is -2.31. The van der Waals surface area contributed by atoms with E-state index in [9.17, 15) is 4.79 Å². The lowest BCUT2D eigenvalue weighted by atomic mass is 9.91. The first kappa shape index (κ1) is 19.9.